The van der Waals surface area contributed by atoms with Crippen molar-refractivity contribution in [3.05, 3.63) is 0 Å². The van der Waals surface area contributed by atoms with Crippen molar-refractivity contribution < 1.29 is 4.74 Å². The van der Waals surface area contributed by atoms with E-state index in [0.717, 1.165) is 11.8 Å². The molecule has 0 spiro atoms. The van der Waals surface area contributed by atoms with Crippen LogP contribution in [-0.2, 0) is 4.74 Å². The van der Waals surface area contributed by atoms with Crippen molar-refractivity contribution in [1.29, 1.82) is 5.26 Å². The van der Waals surface area contributed by atoms with Crippen LogP contribution in [0.3, 0.4) is 0 Å². The Morgan fingerprint density at radius 2 is 2.08 bits per heavy atom. The normalized spacial score (nSPS) is 39.1. The van der Waals surface area contributed by atoms with Crippen LogP contribution in [0.5, 0.6) is 0 Å². The molecule has 2 aliphatic carbocycles. The van der Waals surface area contributed by atoms with Crippen LogP contribution in [0.25, 0.3) is 0 Å². The van der Waals surface area contributed by atoms with Gasteiger partial charge in [0.2, 0.25) is 0 Å². The Balaban J connectivity index is 1.86. The summed E-state index contributed by atoms with van der Waals surface area (Å²) < 4.78 is 4.83. The van der Waals surface area contributed by atoms with Crippen molar-refractivity contribution in [2.45, 2.75) is 32.1 Å². The molecule has 0 N–H and O–H groups in total. The van der Waals surface area contributed by atoms with Gasteiger partial charge in [-0.1, -0.05) is 12.8 Å². The predicted molar refractivity (Wildman–Crippen MR) is 45.1 cm³/mol. The molecule has 3 unspecified atom stereocenters. The first-order chi connectivity index (χ1) is 5.90. The van der Waals surface area contributed by atoms with E-state index in [1.807, 2.05) is 0 Å². The Labute approximate surface area is 73.5 Å². The van der Waals surface area contributed by atoms with Crippen molar-refractivity contribution >= 4 is 0 Å². The molecule has 2 fully saturated rings. The summed E-state index contributed by atoms with van der Waals surface area (Å²) in [7, 11) is 0. The highest BCUT2D eigenvalue weighted by molar-refractivity contribution is 4.86. The molecule has 2 nitrogen and oxygen atoms in total. The lowest BCUT2D eigenvalue weighted by molar-refractivity contribution is 0.135. The molecule has 0 heterocycles. The molecule has 3 atom stereocenters. The van der Waals surface area contributed by atoms with Crippen LogP contribution in [0, 0.1) is 29.3 Å². The third-order valence-corrected chi connectivity index (χ3v) is 3.56. The number of nitriles is 1. The standard InChI is InChI=1S/C10H15NO/c11-7-12-6-10-4-2-8-1-3-9(10)5-8/h8-10H,1-6H2. The monoisotopic (exact) mass is 165 g/mol. The van der Waals surface area contributed by atoms with Gasteiger partial charge in [-0.2, -0.15) is 5.26 Å². The van der Waals surface area contributed by atoms with Crippen molar-refractivity contribution in [3.63, 3.8) is 0 Å². The van der Waals surface area contributed by atoms with Gasteiger partial charge in [-0.15, -0.1) is 0 Å². The van der Waals surface area contributed by atoms with E-state index in [1.165, 1.54) is 32.1 Å². The van der Waals surface area contributed by atoms with Crippen LogP contribution in [0.15, 0.2) is 0 Å². The number of hydrogen-bond donors (Lipinski definition) is 0. The molecule has 2 bridgehead atoms. The summed E-state index contributed by atoms with van der Waals surface area (Å²) in [5.41, 5.74) is 0. The fourth-order valence-corrected chi connectivity index (χ4v) is 2.85. The van der Waals surface area contributed by atoms with Gasteiger partial charge in [0, 0.05) is 0 Å². The first kappa shape index (κ1) is 7.91. The van der Waals surface area contributed by atoms with Gasteiger partial charge in [0.15, 0.2) is 0 Å². The average Bonchev–Trinajstić information content (AvgIpc) is 2.48. The third-order valence-electron chi connectivity index (χ3n) is 3.56. The van der Waals surface area contributed by atoms with Gasteiger partial charge in [0.25, 0.3) is 6.26 Å². The fourth-order valence-electron chi connectivity index (χ4n) is 2.85. The first-order valence-electron chi connectivity index (χ1n) is 4.91. The molecule has 0 aromatic carbocycles. The van der Waals surface area contributed by atoms with Crippen LogP contribution in [0.1, 0.15) is 32.1 Å². The highest BCUT2D eigenvalue weighted by Gasteiger charge is 2.35. The molecule has 0 radical (unpaired) electrons. The average molecular weight is 165 g/mol. The summed E-state index contributed by atoms with van der Waals surface area (Å²) in [5.74, 6) is 2.56. The van der Waals surface area contributed by atoms with Crippen molar-refractivity contribution in [2.75, 3.05) is 6.61 Å². The maximum absolute atomic E-state index is 8.29. The zero-order chi connectivity index (χ0) is 8.39. The summed E-state index contributed by atoms with van der Waals surface area (Å²) >= 11 is 0. The SMILES string of the molecule is N#COCC1CCC2CCC1C2. The largest absolute Gasteiger partial charge is 0.427 e. The summed E-state index contributed by atoms with van der Waals surface area (Å²) in [6.45, 7) is 0.674. The molecule has 0 amide bonds. The molecular formula is C10H15NO. The van der Waals surface area contributed by atoms with E-state index in [-0.39, 0.29) is 0 Å². The van der Waals surface area contributed by atoms with Gasteiger partial charge in [-0.25, -0.2) is 0 Å². The zero-order valence-electron chi connectivity index (χ0n) is 7.33. The van der Waals surface area contributed by atoms with Crippen LogP contribution in [-0.4, -0.2) is 6.61 Å². The maximum atomic E-state index is 8.29. The zero-order valence-corrected chi connectivity index (χ0v) is 7.33. The second-order valence-corrected chi connectivity index (χ2v) is 4.18. The molecule has 2 heteroatoms. The molecule has 2 aliphatic rings. The van der Waals surface area contributed by atoms with E-state index in [1.54, 1.807) is 6.26 Å². The molecule has 12 heavy (non-hydrogen) atoms. The number of nitrogens with zero attached hydrogens (tertiary/aromatic N) is 1. The summed E-state index contributed by atoms with van der Waals surface area (Å²) in [6, 6.07) is 0. The summed E-state index contributed by atoms with van der Waals surface area (Å²) in [6.07, 6.45) is 8.64. The van der Waals surface area contributed by atoms with Gasteiger partial charge in [0.1, 0.15) is 6.61 Å². The van der Waals surface area contributed by atoms with Crippen molar-refractivity contribution in [1.82, 2.24) is 0 Å². The smallest absolute Gasteiger partial charge is 0.286 e. The van der Waals surface area contributed by atoms with Gasteiger partial charge in [0.05, 0.1) is 0 Å². The number of rotatable bonds is 2. The molecule has 0 aromatic rings. The molecule has 0 saturated heterocycles. The van der Waals surface area contributed by atoms with E-state index < -0.39 is 0 Å². The quantitative estimate of drug-likeness (QED) is 0.588. The van der Waals surface area contributed by atoms with E-state index in [2.05, 4.69) is 0 Å². The lowest BCUT2D eigenvalue weighted by Gasteiger charge is -2.27. The van der Waals surface area contributed by atoms with Crippen molar-refractivity contribution in [2.24, 2.45) is 17.8 Å². The van der Waals surface area contributed by atoms with Crippen LogP contribution in [0.4, 0.5) is 0 Å². The Kier molecular flexibility index (Phi) is 2.21. The Morgan fingerprint density at radius 3 is 2.92 bits per heavy atom. The van der Waals surface area contributed by atoms with Crippen LogP contribution < -0.4 is 0 Å². The predicted octanol–water partition coefficient (Wildman–Crippen LogP) is 2.31. The lowest BCUT2D eigenvalue weighted by atomic mass is 9.80. The highest BCUT2D eigenvalue weighted by Crippen LogP contribution is 2.45. The number of ether oxygens (including phenoxy) is 1. The summed E-state index contributed by atoms with van der Waals surface area (Å²) in [5, 5.41) is 8.29. The maximum Gasteiger partial charge on any atom is 0.286 e. The van der Waals surface area contributed by atoms with Crippen LogP contribution >= 0.6 is 0 Å². The minimum absolute atomic E-state index is 0.674. The Morgan fingerprint density at radius 1 is 1.25 bits per heavy atom. The molecule has 66 valence electrons. The minimum Gasteiger partial charge on any atom is -0.427 e. The van der Waals surface area contributed by atoms with Crippen LogP contribution in [0.2, 0.25) is 0 Å². The molecule has 0 aromatic heterocycles. The summed E-state index contributed by atoms with van der Waals surface area (Å²) in [4.78, 5) is 0. The second-order valence-electron chi connectivity index (χ2n) is 4.18. The molecule has 0 aliphatic heterocycles. The van der Waals surface area contributed by atoms with Gasteiger partial charge in [-0.05, 0) is 37.0 Å². The Bertz CT molecular complexity index is 197. The fraction of sp³-hybridized carbons (Fsp3) is 0.900. The number of hydrogen-bond acceptors (Lipinski definition) is 2. The second kappa shape index (κ2) is 3.35. The van der Waals surface area contributed by atoms with Gasteiger partial charge in [-0.3, -0.25) is 0 Å². The van der Waals surface area contributed by atoms with Crippen molar-refractivity contribution in [3.8, 4) is 6.26 Å². The molecule has 2 saturated carbocycles. The third kappa shape index (κ3) is 1.41. The van der Waals surface area contributed by atoms with E-state index >= 15 is 0 Å². The van der Waals surface area contributed by atoms with Gasteiger partial charge >= 0.3 is 0 Å². The first-order valence-corrected chi connectivity index (χ1v) is 4.91. The molecular weight excluding hydrogens is 150 g/mol. The van der Waals surface area contributed by atoms with E-state index in [9.17, 15) is 0 Å². The van der Waals surface area contributed by atoms with E-state index in [0.29, 0.717) is 12.5 Å². The minimum atomic E-state index is 0.674. The van der Waals surface area contributed by atoms with Gasteiger partial charge < -0.3 is 4.74 Å². The lowest BCUT2D eigenvalue weighted by Crippen LogP contribution is -2.21. The Hall–Kier alpha value is -0.710. The molecule has 2 rings (SSSR count). The van der Waals surface area contributed by atoms with E-state index in [4.69, 9.17) is 10.00 Å². The topological polar surface area (TPSA) is 33.0 Å². The number of fused-ring (bicyclic) bond motifs is 2. The highest BCUT2D eigenvalue weighted by atomic mass is 16.5.